The minimum atomic E-state index is -0.790. The summed E-state index contributed by atoms with van der Waals surface area (Å²) in [5.41, 5.74) is 5.60. The van der Waals surface area contributed by atoms with Gasteiger partial charge in [0.15, 0.2) is 0 Å². The fourth-order valence-corrected chi connectivity index (χ4v) is 4.94. The van der Waals surface area contributed by atoms with Gasteiger partial charge in [0, 0.05) is 17.8 Å². The monoisotopic (exact) mass is 461 g/mol. The van der Waals surface area contributed by atoms with Crippen LogP contribution in [-0.2, 0) is 17.6 Å². The van der Waals surface area contributed by atoms with Gasteiger partial charge in [0.1, 0.15) is 0 Å². The van der Waals surface area contributed by atoms with Crippen LogP contribution in [0, 0.1) is 0 Å². The molecule has 1 aliphatic heterocycles. The van der Waals surface area contributed by atoms with Crippen LogP contribution in [0.4, 0.5) is 11.4 Å². The van der Waals surface area contributed by atoms with Crippen LogP contribution in [0.3, 0.4) is 0 Å². The number of aryl methyl sites for hydroxylation is 1. The topological polar surface area (TPSA) is 40.5 Å². The van der Waals surface area contributed by atoms with E-state index in [1.807, 2.05) is 30.3 Å². The highest BCUT2D eigenvalue weighted by molar-refractivity contribution is 6.42. The molecule has 32 heavy (non-hydrogen) atoms. The van der Waals surface area contributed by atoms with E-state index in [2.05, 4.69) is 53.4 Å². The maximum absolute atomic E-state index is 11.1. The summed E-state index contributed by atoms with van der Waals surface area (Å²) in [6.07, 6.45) is 1.45. The second kappa shape index (κ2) is 8.50. The highest BCUT2D eigenvalue weighted by Crippen LogP contribution is 2.48. The van der Waals surface area contributed by atoms with Crippen LogP contribution in [0.25, 0.3) is 10.8 Å². The molecule has 160 valence electrons. The number of nitrogens with zero attached hydrogens (tertiary/aromatic N) is 1. The number of aliphatic carboxylic acids is 1. The second-order valence-corrected chi connectivity index (χ2v) is 8.93. The van der Waals surface area contributed by atoms with Gasteiger partial charge in [0.25, 0.3) is 0 Å². The first-order valence-electron chi connectivity index (χ1n) is 10.6. The van der Waals surface area contributed by atoms with Gasteiger partial charge in [-0.1, -0.05) is 71.7 Å². The van der Waals surface area contributed by atoms with E-state index in [9.17, 15) is 4.79 Å². The summed E-state index contributed by atoms with van der Waals surface area (Å²) < 4.78 is 0. The summed E-state index contributed by atoms with van der Waals surface area (Å²) in [5.74, 6) is -0.790. The van der Waals surface area contributed by atoms with Crippen LogP contribution in [0.2, 0.25) is 10.0 Å². The lowest BCUT2D eigenvalue weighted by Crippen LogP contribution is -2.20. The second-order valence-electron chi connectivity index (χ2n) is 8.11. The highest BCUT2D eigenvalue weighted by atomic mass is 35.5. The fraction of sp³-hybridized carbons (Fsp3) is 0.148. The molecule has 4 aromatic rings. The highest BCUT2D eigenvalue weighted by Gasteiger charge is 2.33. The Balaban J connectivity index is 1.65. The van der Waals surface area contributed by atoms with Crippen LogP contribution < -0.4 is 4.90 Å². The van der Waals surface area contributed by atoms with Gasteiger partial charge in [-0.25, -0.2) is 0 Å². The molecular weight excluding hydrogens is 441 g/mol. The molecule has 0 fully saturated rings. The first-order chi connectivity index (χ1) is 15.5. The molecule has 5 rings (SSSR count). The smallest absolute Gasteiger partial charge is 0.303 e. The Bertz CT molecular complexity index is 1330. The Morgan fingerprint density at radius 3 is 2.59 bits per heavy atom. The van der Waals surface area contributed by atoms with Crippen LogP contribution in [0.15, 0.2) is 78.9 Å². The van der Waals surface area contributed by atoms with Crippen molar-refractivity contribution in [2.45, 2.75) is 25.3 Å². The first kappa shape index (κ1) is 20.9. The lowest BCUT2D eigenvalue weighted by Gasteiger charge is -2.29. The number of hydrogen-bond donors (Lipinski definition) is 1. The quantitative estimate of drug-likeness (QED) is 0.332. The van der Waals surface area contributed by atoms with E-state index in [-0.39, 0.29) is 12.5 Å². The summed E-state index contributed by atoms with van der Waals surface area (Å²) >= 11 is 12.6. The average molecular weight is 462 g/mol. The van der Waals surface area contributed by atoms with Crippen molar-refractivity contribution < 1.29 is 9.90 Å². The molecule has 1 atom stereocenters. The molecule has 1 N–H and O–H groups in total. The molecule has 1 unspecified atom stereocenters. The van der Waals surface area contributed by atoms with Crippen molar-refractivity contribution in [3.05, 3.63) is 106 Å². The third-order valence-electron chi connectivity index (χ3n) is 6.13. The van der Waals surface area contributed by atoms with E-state index < -0.39 is 5.97 Å². The van der Waals surface area contributed by atoms with Crippen molar-refractivity contribution in [3.8, 4) is 0 Å². The van der Waals surface area contributed by atoms with E-state index in [0.29, 0.717) is 16.5 Å². The zero-order valence-corrected chi connectivity index (χ0v) is 18.8. The van der Waals surface area contributed by atoms with Crippen LogP contribution in [0.5, 0.6) is 0 Å². The average Bonchev–Trinajstić information content (AvgIpc) is 3.20. The molecule has 0 saturated carbocycles. The Kier molecular flexibility index (Phi) is 5.54. The van der Waals surface area contributed by atoms with Gasteiger partial charge in [-0.05, 0) is 70.6 Å². The molecule has 0 saturated heterocycles. The largest absolute Gasteiger partial charge is 0.481 e. The number of carboxylic acid groups (broad SMARTS) is 1. The standard InChI is InChI=1S/C27H21Cl2NO2/c28-23-11-9-19(15-24(23)29)26-16-22-21-7-2-1-5-18(21)10-12-25(22)30(26)20-6-3-4-17(14-20)8-13-27(31)32/h1-7,9-12,14-15,26H,8,13,16H2,(H,31,32). The molecule has 0 aromatic heterocycles. The fourth-order valence-electron chi connectivity index (χ4n) is 4.64. The van der Waals surface area contributed by atoms with Gasteiger partial charge in [-0.15, -0.1) is 0 Å². The molecule has 4 aromatic carbocycles. The number of rotatable bonds is 5. The van der Waals surface area contributed by atoms with Gasteiger partial charge < -0.3 is 10.0 Å². The molecule has 0 aliphatic carbocycles. The zero-order valence-electron chi connectivity index (χ0n) is 17.3. The third-order valence-corrected chi connectivity index (χ3v) is 6.87. The lowest BCUT2D eigenvalue weighted by molar-refractivity contribution is -0.136. The van der Waals surface area contributed by atoms with E-state index in [1.54, 1.807) is 0 Å². The number of anilines is 2. The number of benzene rings is 4. The normalized spacial score (nSPS) is 15.2. The van der Waals surface area contributed by atoms with Gasteiger partial charge >= 0.3 is 5.97 Å². The molecule has 0 bridgehead atoms. The summed E-state index contributed by atoms with van der Waals surface area (Å²) in [4.78, 5) is 13.4. The van der Waals surface area contributed by atoms with Crippen LogP contribution >= 0.6 is 23.2 Å². The summed E-state index contributed by atoms with van der Waals surface area (Å²) in [7, 11) is 0. The molecule has 3 nitrogen and oxygen atoms in total. The van der Waals surface area contributed by atoms with Gasteiger partial charge in [-0.2, -0.15) is 0 Å². The summed E-state index contributed by atoms with van der Waals surface area (Å²) in [6, 6.07) is 26.8. The Labute approximate surface area is 196 Å². The van der Waals surface area contributed by atoms with Crippen molar-refractivity contribution >= 4 is 51.3 Å². The SMILES string of the molecule is O=C(O)CCc1cccc(N2c3ccc4ccccc4c3CC2c2ccc(Cl)c(Cl)c2)c1. The first-order valence-corrected chi connectivity index (χ1v) is 11.3. The van der Waals surface area contributed by atoms with E-state index in [4.69, 9.17) is 28.3 Å². The number of hydrogen-bond acceptors (Lipinski definition) is 2. The molecule has 1 aliphatic rings. The third kappa shape index (κ3) is 3.83. The number of carbonyl (C=O) groups is 1. The molecule has 1 heterocycles. The van der Waals surface area contributed by atoms with Crippen molar-refractivity contribution in [1.82, 2.24) is 0 Å². The predicted octanol–water partition coefficient (Wildman–Crippen LogP) is 7.60. The van der Waals surface area contributed by atoms with Crippen molar-refractivity contribution in [3.63, 3.8) is 0 Å². The van der Waals surface area contributed by atoms with Gasteiger partial charge in [-0.3, -0.25) is 4.79 Å². The molecule has 0 amide bonds. The van der Waals surface area contributed by atoms with Gasteiger partial charge in [0.05, 0.1) is 16.1 Å². The van der Waals surface area contributed by atoms with E-state index in [0.717, 1.165) is 28.9 Å². The Morgan fingerprint density at radius 2 is 1.78 bits per heavy atom. The number of halogens is 2. The maximum atomic E-state index is 11.1. The predicted molar refractivity (Wildman–Crippen MR) is 131 cm³/mol. The zero-order chi connectivity index (χ0) is 22.2. The van der Waals surface area contributed by atoms with Crippen LogP contribution in [0.1, 0.15) is 29.2 Å². The summed E-state index contributed by atoms with van der Waals surface area (Å²) in [5, 5.41) is 12.6. The number of carboxylic acids is 1. The van der Waals surface area contributed by atoms with E-state index in [1.165, 1.54) is 16.3 Å². The molecule has 0 radical (unpaired) electrons. The van der Waals surface area contributed by atoms with Crippen LogP contribution in [-0.4, -0.2) is 11.1 Å². The minimum Gasteiger partial charge on any atom is -0.481 e. The van der Waals surface area contributed by atoms with Crippen molar-refractivity contribution in [2.75, 3.05) is 4.90 Å². The van der Waals surface area contributed by atoms with Gasteiger partial charge in [0.2, 0.25) is 0 Å². The molecule has 0 spiro atoms. The summed E-state index contributed by atoms with van der Waals surface area (Å²) in [6.45, 7) is 0. The molecular formula is C27H21Cl2NO2. The van der Waals surface area contributed by atoms with E-state index >= 15 is 0 Å². The molecule has 5 heteroatoms. The van der Waals surface area contributed by atoms with Crippen molar-refractivity contribution in [1.29, 1.82) is 0 Å². The minimum absolute atomic E-state index is 0.0558. The number of fused-ring (bicyclic) bond motifs is 3. The Morgan fingerprint density at radius 1 is 0.938 bits per heavy atom. The Hall–Kier alpha value is -3.01. The lowest BCUT2D eigenvalue weighted by atomic mass is 9.98. The van der Waals surface area contributed by atoms with Crippen molar-refractivity contribution in [2.24, 2.45) is 0 Å². The maximum Gasteiger partial charge on any atom is 0.303 e.